The van der Waals surface area contributed by atoms with Crippen LogP contribution in [0.3, 0.4) is 0 Å². The molecule has 0 aromatic carbocycles. The maximum Gasteiger partial charge on any atom is 0.257 e. The first kappa shape index (κ1) is 12.4. The molecule has 0 spiro atoms. The van der Waals surface area contributed by atoms with Crippen LogP contribution < -0.4 is 9.46 Å². The zero-order chi connectivity index (χ0) is 12.3. The van der Waals surface area contributed by atoms with Crippen LogP contribution in [0.25, 0.3) is 0 Å². The summed E-state index contributed by atoms with van der Waals surface area (Å²) in [6.07, 6.45) is 5.21. The number of methoxy groups -OCH3 is 1. The first-order valence-electron chi connectivity index (χ1n) is 5.33. The van der Waals surface area contributed by atoms with Crippen molar-refractivity contribution in [2.75, 3.05) is 11.8 Å². The lowest BCUT2D eigenvalue weighted by atomic mass is 10.1. The third-order valence-electron chi connectivity index (χ3n) is 2.57. The van der Waals surface area contributed by atoms with Crippen molar-refractivity contribution >= 4 is 27.2 Å². The third kappa shape index (κ3) is 2.78. The first-order chi connectivity index (χ1) is 8.13. The van der Waals surface area contributed by atoms with Gasteiger partial charge in [0.25, 0.3) is 10.0 Å². The predicted octanol–water partition coefficient (Wildman–Crippen LogP) is 2.35. The second-order valence-corrected chi connectivity index (χ2v) is 6.12. The molecule has 0 aliphatic heterocycles. The Balaban J connectivity index is 2.20. The van der Waals surface area contributed by atoms with Gasteiger partial charge in [-0.25, -0.2) is 8.42 Å². The maximum atomic E-state index is 12.1. The number of rotatable bonds is 4. The molecule has 0 fully saturated rings. The van der Waals surface area contributed by atoms with Crippen molar-refractivity contribution in [1.29, 1.82) is 0 Å². The molecule has 1 heterocycles. The first-order valence-corrected chi connectivity index (χ1v) is 7.65. The van der Waals surface area contributed by atoms with E-state index in [1.54, 1.807) is 11.5 Å². The third-order valence-corrected chi connectivity index (χ3v) is 4.73. The fourth-order valence-electron chi connectivity index (χ4n) is 1.70. The normalized spacial score (nSPS) is 16.4. The van der Waals surface area contributed by atoms with Gasteiger partial charge >= 0.3 is 0 Å². The molecule has 94 valence electrons. The Morgan fingerprint density at radius 3 is 2.94 bits per heavy atom. The molecule has 1 aromatic rings. The van der Waals surface area contributed by atoms with E-state index < -0.39 is 10.0 Å². The second-order valence-electron chi connectivity index (χ2n) is 3.76. The molecule has 0 amide bonds. The van der Waals surface area contributed by atoms with Crippen LogP contribution in [0, 0.1) is 0 Å². The monoisotopic (exact) mass is 274 g/mol. The minimum Gasteiger partial charge on any atom is -0.479 e. The molecule has 0 saturated carbocycles. The summed E-state index contributed by atoms with van der Waals surface area (Å²) in [4.78, 5) is 0.469. The van der Waals surface area contributed by atoms with Gasteiger partial charge in [-0.05, 0) is 37.2 Å². The maximum absolute atomic E-state index is 12.1. The zero-order valence-electron chi connectivity index (χ0n) is 9.47. The summed E-state index contributed by atoms with van der Waals surface area (Å²) in [6.45, 7) is 0. The lowest BCUT2D eigenvalue weighted by molar-refractivity contribution is 0.405. The van der Waals surface area contributed by atoms with Crippen LogP contribution in [0.2, 0.25) is 0 Å². The molecule has 0 radical (unpaired) electrons. The molecule has 0 atom stereocenters. The molecule has 2 rings (SSSR count). The van der Waals surface area contributed by atoms with E-state index in [0.717, 1.165) is 30.8 Å². The number of ether oxygens (including phenoxy) is 1. The Kier molecular flexibility index (Phi) is 3.68. The van der Waals surface area contributed by atoms with E-state index in [-0.39, 0.29) is 0 Å². The van der Waals surface area contributed by atoms with E-state index in [1.165, 1.54) is 7.11 Å². The van der Waals surface area contributed by atoms with Crippen LogP contribution in [-0.2, 0) is 10.0 Å². The molecule has 0 bridgehead atoms. The second kappa shape index (κ2) is 5.05. The van der Waals surface area contributed by atoms with Crippen molar-refractivity contribution in [3.63, 3.8) is 0 Å². The molecule has 5 nitrogen and oxygen atoms in total. The standard InChI is InChI=1S/C10H14N2O3S2/c1-15-10-9(7-16-11-10)12-17(13,14)8-5-3-2-4-6-8/h5,7,12H,2-4,6H2,1H3. The van der Waals surface area contributed by atoms with Gasteiger partial charge in [0.1, 0.15) is 5.69 Å². The molecule has 0 saturated heterocycles. The number of sulfonamides is 1. The SMILES string of the molecule is COc1nscc1NS(=O)(=O)C1=CCCCC1. The highest BCUT2D eigenvalue weighted by Crippen LogP contribution is 2.29. The van der Waals surface area contributed by atoms with Crippen molar-refractivity contribution in [1.82, 2.24) is 4.37 Å². The van der Waals surface area contributed by atoms with Crippen LogP contribution in [0.5, 0.6) is 5.88 Å². The molecule has 7 heteroatoms. The average molecular weight is 274 g/mol. The smallest absolute Gasteiger partial charge is 0.257 e. The quantitative estimate of drug-likeness (QED) is 0.915. The Morgan fingerprint density at radius 1 is 1.47 bits per heavy atom. The molecule has 1 aromatic heterocycles. The molecule has 0 unspecified atom stereocenters. The predicted molar refractivity (Wildman–Crippen MR) is 67.8 cm³/mol. The molecule has 1 aliphatic rings. The van der Waals surface area contributed by atoms with Crippen molar-refractivity contribution in [2.24, 2.45) is 0 Å². The Hall–Kier alpha value is -1.08. The molecule has 17 heavy (non-hydrogen) atoms. The van der Waals surface area contributed by atoms with Crippen molar-refractivity contribution in [3.05, 3.63) is 16.4 Å². The molecule has 1 aliphatic carbocycles. The van der Waals surface area contributed by atoms with Gasteiger partial charge in [0, 0.05) is 5.38 Å². The molecule has 1 N–H and O–H groups in total. The van der Waals surface area contributed by atoms with Gasteiger partial charge in [0.15, 0.2) is 0 Å². The Bertz CT molecular complexity index is 519. The largest absolute Gasteiger partial charge is 0.479 e. The van der Waals surface area contributed by atoms with Crippen LogP contribution in [0.4, 0.5) is 5.69 Å². The van der Waals surface area contributed by atoms with Crippen LogP contribution in [-0.4, -0.2) is 19.9 Å². The Labute approximate surface area is 105 Å². The van der Waals surface area contributed by atoms with Gasteiger partial charge in [-0.2, -0.15) is 4.37 Å². The van der Waals surface area contributed by atoms with Crippen LogP contribution in [0.15, 0.2) is 16.4 Å². The lowest BCUT2D eigenvalue weighted by Crippen LogP contribution is -2.16. The number of anilines is 1. The Morgan fingerprint density at radius 2 is 2.29 bits per heavy atom. The van der Waals surface area contributed by atoms with Gasteiger partial charge in [0.05, 0.1) is 12.0 Å². The number of aromatic nitrogens is 1. The number of nitrogens with one attached hydrogen (secondary N) is 1. The van der Waals surface area contributed by atoms with Gasteiger partial charge in [-0.15, -0.1) is 0 Å². The minimum absolute atomic E-state index is 0.315. The number of allylic oxidation sites excluding steroid dienone is 2. The van der Waals surface area contributed by atoms with E-state index in [0.29, 0.717) is 22.9 Å². The summed E-state index contributed by atoms with van der Waals surface area (Å²) in [6, 6.07) is 0. The summed E-state index contributed by atoms with van der Waals surface area (Å²) in [5.74, 6) is 0.315. The van der Waals surface area contributed by atoms with E-state index in [1.807, 2.05) is 0 Å². The van der Waals surface area contributed by atoms with E-state index >= 15 is 0 Å². The zero-order valence-corrected chi connectivity index (χ0v) is 11.1. The molecular weight excluding hydrogens is 260 g/mol. The van der Waals surface area contributed by atoms with Crippen molar-refractivity contribution < 1.29 is 13.2 Å². The van der Waals surface area contributed by atoms with Crippen molar-refractivity contribution in [3.8, 4) is 5.88 Å². The fourth-order valence-corrected chi connectivity index (χ4v) is 3.68. The van der Waals surface area contributed by atoms with Gasteiger partial charge in [-0.3, -0.25) is 4.72 Å². The van der Waals surface area contributed by atoms with Crippen LogP contribution >= 0.6 is 11.5 Å². The highest BCUT2D eigenvalue weighted by molar-refractivity contribution is 7.96. The van der Waals surface area contributed by atoms with Crippen molar-refractivity contribution in [2.45, 2.75) is 25.7 Å². The van der Waals surface area contributed by atoms with E-state index in [4.69, 9.17) is 4.74 Å². The minimum atomic E-state index is -3.44. The van der Waals surface area contributed by atoms with Gasteiger partial charge in [0.2, 0.25) is 5.88 Å². The fraction of sp³-hybridized carbons (Fsp3) is 0.500. The molecular formula is C10H14N2O3S2. The summed E-state index contributed by atoms with van der Waals surface area (Å²) < 4.78 is 35.5. The number of nitrogens with zero attached hydrogens (tertiary/aromatic N) is 1. The topological polar surface area (TPSA) is 68.3 Å². The summed E-state index contributed by atoms with van der Waals surface area (Å²) in [5, 5.41) is 1.62. The number of hydrogen-bond acceptors (Lipinski definition) is 5. The average Bonchev–Trinajstić information content (AvgIpc) is 2.77. The van der Waals surface area contributed by atoms with Gasteiger partial charge in [-0.1, -0.05) is 6.08 Å². The highest BCUT2D eigenvalue weighted by atomic mass is 32.2. The van der Waals surface area contributed by atoms with Gasteiger partial charge < -0.3 is 4.74 Å². The van der Waals surface area contributed by atoms with E-state index in [9.17, 15) is 8.42 Å². The lowest BCUT2D eigenvalue weighted by Gasteiger charge is -2.14. The summed E-state index contributed by atoms with van der Waals surface area (Å²) >= 11 is 1.16. The summed E-state index contributed by atoms with van der Waals surface area (Å²) in [5.41, 5.74) is 0.406. The number of hydrogen-bond donors (Lipinski definition) is 1. The van der Waals surface area contributed by atoms with E-state index in [2.05, 4.69) is 9.10 Å². The highest BCUT2D eigenvalue weighted by Gasteiger charge is 2.21. The van der Waals surface area contributed by atoms with Crippen LogP contribution in [0.1, 0.15) is 25.7 Å². The summed E-state index contributed by atoms with van der Waals surface area (Å²) in [7, 11) is -1.98.